The molecule has 2 aromatic rings. The van der Waals surface area contributed by atoms with E-state index in [0.29, 0.717) is 5.02 Å². The Labute approximate surface area is 136 Å². The van der Waals surface area contributed by atoms with Crippen molar-refractivity contribution in [1.29, 1.82) is 0 Å². The minimum Gasteiger partial charge on any atom is -0.489 e. The number of rotatable bonds is 6. The van der Waals surface area contributed by atoms with Crippen molar-refractivity contribution in [3.05, 3.63) is 64.1 Å². The van der Waals surface area contributed by atoms with Crippen molar-refractivity contribution in [1.82, 2.24) is 5.32 Å². The van der Waals surface area contributed by atoms with E-state index in [1.807, 2.05) is 55.5 Å². The summed E-state index contributed by atoms with van der Waals surface area (Å²) in [5.41, 5.74) is 1.04. The van der Waals surface area contributed by atoms with Crippen LogP contribution in [0.1, 0.15) is 25.5 Å². The van der Waals surface area contributed by atoms with Crippen molar-refractivity contribution in [3.63, 3.8) is 0 Å². The Hall–Kier alpha value is -1.22. The van der Waals surface area contributed by atoms with E-state index in [0.717, 1.165) is 22.9 Å². The van der Waals surface area contributed by atoms with Gasteiger partial charge in [-0.05, 0) is 43.3 Å². The summed E-state index contributed by atoms with van der Waals surface area (Å²) < 4.78 is 6.01. The molecule has 0 spiro atoms. The van der Waals surface area contributed by atoms with E-state index in [4.69, 9.17) is 27.9 Å². The molecule has 0 aliphatic rings. The van der Waals surface area contributed by atoms with Gasteiger partial charge in [0.25, 0.3) is 0 Å². The van der Waals surface area contributed by atoms with E-state index >= 15 is 0 Å². The molecule has 0 fully saturated rings. The van der Waals surface area contributed by atoms with Crippen molar-refractivity contribution in [2.75, 3.05) is 6.54 Å². The Bertz CT molecular complexity index is 589. The zero-order valence-corrected chi connectivity index (χ0v) is 13.7. The van der Waals surface area contributed by atoms with Crippen LogP contribution in [-0.2, 0) is 0 Å². The van der Waals surface area contributed by atoms with Crippen LogP contribution in [0.5, 0.6) is 5.75 Å². The quantitative estimate of drug-likeness (QED) is 0.797. The molecule has 4 heteroatoms. The summed E-state index contributed by atoms with van der Waals surface area (Å²) in [6, 6.07) is 15.3. The number of nitrogens with one attached hydrogen (secondary N) is 1. The fraction of sp³-hybridized carbons (Fsp3) is 0.294. The number of hydrogen-bond acceptors (Lipinski definition) is 2. The largest absolute Gasteiger partial charge is 0.489 e. The van der Waals surface area contributed by atoms with Gasteiger partial charge in [-0.3, -0.25) is 0 Å². The Balaban J connectivity index is 2.20. The number of benzene rings is 2. The van der Waals surface area contributed by atoms with E-state index in [-0.39, 0.29) is 12.1 Å². The van der Waals surface area contributed by atoms with Crippen molar-refractivity contribution < 1.29 is 4.74 Å². The van der Waals surface area contributed by atoms with Crippen LogP contribution in [0, 0.1) is 0 Å². The molecule has 0 aliphatic carbocycles. The van der Waals surface area contributed by atoms with Gasteiger partial charge in [-0.25, -0.2) is 0 Å². The lowest BCUT2D eigenvalue weighted by atomic mass is 10.0. The predicted octanol–water partition coefficient (Wildman–Crippen LogP) is 5.11. The second kappa shape index (κ2) is 7.69. The van der Waals surface area contributed by atoms with Gasteiger partial charge in [0, 0.05) is 10.0 Å². The third kappa shape index (κ3) is 4.37. The highest BCUT2D eigenvalue weighted by Gasteiger charge is 2.22. The number of halogens is 2. The van der Waals surface area contributed by atoms with Gasteiger partial charge in [0.05, 0.1) is 6.04 Å². The van der Waals surface area contributed by atoms with E-state index in [1.54, 1.807) is 0 Å². The molecule has 0 aliphatic heterocycles. The lowest BCUT2D eigenvalue weighted by molar-refractivity contribution is 0.172. The maximum atomic E-state index is 6.31. The van der Waals surface area contributed by atoms with Crippen molar-refractivity contribution in [2.24, 2.45) is 0 Å². The Morgan fingerprint density at radius 1 is 1.10 bits per heavy atom. The summed E-state index contributed by atoms with van der Waals surface area (Å²) in [5, 5.41) is 4.84. The molecule has 2 rings (SSSR count). The van der Waals surface area contributed by atoms with Gasteiger partial charge in [-0.15, -0.1) is 0 Å². The molecule has 0 heterocycles. The van der Waals surface area contributed by atoms with Gasteiger partial charge < -0.3 is 10.1 Å². The smallest absolute Gasteiger partial charge is 0.121 e. The van der Waals surface area contributed by atoms with Gasteiger partial charge in [0.15, 0.2) is 0 Å². The van der Waals surface area contributed by atoms with Gasteiger partial charge in [-0.1, -0.05) is 54.4 Å². The molecule has 0 saturated heterocycles. The molecule has 2 atom stereocenters. The first-order valence-electron chi connectivity index (χ1n) is 7.02. The van der Waals surface area contributed by atoms with Crippen LogP contribution in [0.15, 0.2) is 48.5 Å². The van der Waals surface area contributed by atoms with Crippen molar-refractivity contribution in [3.8, 4) is 5.75 Å². The van der Waals surface area contributed by atoms with Crippen LogP contribution in [0.3, 0.4) is 0 Å². The molecule has 21 heavy (non-hydrogen) atoms. The van der Waals surface area contributed by atoms with Crippen LogP contribution in [0.4, 0.5) is 0 Å². The van der Waals surface area contributed by atoms with E-state index < -0.39 is 0 Å². The van der Waals surface area contributed by atoms with Crippen molar-refractivity contribution in [2.45, 2.75) is 26.0 Å². The number of likely N-dealkylation sites (N-methyl/N-ethyl adjacent to an activating group) is 1. The van der Waals surface area contributed by atoms with Crippen LogP contribution in [0.2, 0.25) is 10.0 Å². The molecular weight excluding hydrogens is 305 g/mol. The number of hydrogen-bond donors (Lipinski definition) is 1. The molecule has 0 saturated carbocycles. The first-order valence-corrected chi connectivity index (χ1v) is 7.77. The average Bonchev–Trinajstić information content (AvgIpc) is 2.45. The summed E-state index contributed by atoms with van der Waals surface area (Å²) in [4.78, 5) is 0. The fourth-order valence-electron chi connectivity index (χ4n) is 2.30. The third-order valence-electron chi connectivity index (χ3n) is 3.25. The summed E-state index contributed by atoms with van der Waals surface area (Å²) in [5.74, 6) is 0.755. The minimum absolute atomic E-state index is 0.0164. The normalized spacial score (nSPS) is 13.7. The first kappa shape index (κ1) is 16.2. The second-order valence-corrected chi connectivity index (χ2v) is 5.68. The van der Waals surface area contributed by atoms with Crippen molar-refractivity contribution >= 4 is 23.2 Å². The maximum Gasteiger partial charge on any atom is 0.121 e. The monoisotopic (exact) mass is 323 g/mol. The lowest BCUT2D eigenvalue weighted by Crippen LogP contribution is -2.34. The van der Waals surface area contributed by atoms with Crippen LogP contribution >= 0.6 is 23.2 Å². The molecule has 0 aromatic heterocycles. The standard InChI is InChI=1S/C17H19Cl2NO/c1-3-20-17(15-9-4-5-10-16(15)19)12(2)21-14-8-6-7-13(18)11-14/h4-12,17,20H,3H2,1-2H3. The second-order valence-electron chi connectivity index (χ2n) is 4.84. The van der Waals surface area contributed by atoms with Crippen LogP contribution < -0.4 is 10.1 Å². The van der Waals surface area contributed by atoms with E-state index in [2.05, 4.69) is 12.2 Å². The van der Waals surface area contributed by atoms with Crippen LogP contribution in [0.25, 0.3) is 0 Å². The van der Waals surface area contributed by atoms with Gasteiger partial charge in [0.1, 0.15) is 11.9 Å². The van der Waals surface area contributed by atoms with E-state index in [1.165, 1.54) is 0 Å². The highest BCUT2D eigenvalue weighted by atomic mass is 35.5. The highest BCUT2D eigenvalue weighted by molar-refractivity contribution is 6.31. The Morgan fingerprint density at radius 2 is 1.86 bits per heavy atom. The molecule has 1 N–H and O–H groups in total. The maximum absolute atomic E-state index is 6.31. The fourth-order valence-corrected chi connectivity index (χ4v) is 2.73. The van der Waals surface area contributed by atoms with Gasteiger partial charge >= 0.3 is 0 Å². The predicted molar refractivity (Wildman–Crippen MR) is 89.4 cm³/mol. The van der Waals surface area contributed by atoms with Gasteiger partial charge in [0.2, 0.25) is 0 Å². The molecule has 0 amide bonds. The zero-order chi connectivity index (χ0) is 15.2. The molecule has 2 nitrogen and oxygen atoms in total. The Kier molecular flexibility index (Phi) is 5.92. The zero-order valence-electron chi connectivity index (χ0n) is 12.1. The Morgan fingerprint density at radius 3 is 2.52 bits per heavy atom. The molecule has 0 bridgehead atoms. The lowest BCUT2D eigenvalue weighted by Gasteiger charge is -2.27. The summed E-state index contributed by atoms with van der Waals surface area (Å²) in [6.07, 6.45) is -0.0803. The topological polar surface area (TPSA) is 21.3 Å². The summed E-state index contributed by atoms with van der Waals surface area (Å²) >= 11 is 12.3. The van der Waals surface area contributed by atoms with E-state index in [9.17, 15) is 0 Å². The molecule has 0 radical (unpaired) electrons. The average molecular weight is 324 g/mol. The molecule has 2 unspecified atom stereocenters. The summed E-state index contributed by atoms with van der Waals surface area (Å²) in [6.45, 7) is 4.92. The first-order chi connectivity index (χ1) is 10.1. The minimum atomic E-state index is -0.0803. The third-order valence-corrected chi connectivity index (χ3v) is 3.83. The van der Waals surface area contributed by atoms with Crippen LogP contribution in [-0.4, -0.2) is 12.6 Å². The molecule has 112 valence electrons. The molecular formula is C17H19Cl2NO. The molecule has 2 aromatic carbocycles. The summed E-state index contributed by atoms with van der Waals surface area (Å²) in [7, 11) is 0. The number of ether oxygens (including phenoxy) is 1. The highest BCUT2D eigenvalue weighted by Crippen LogP contribution is 2.28. The van der Waals surface area contributed by atoms with Gasteiger partial charge in [-0.2, -0.15) is 0 Å². The SMILES string of the molecule is CCNC(c1ccccc1Cl)C(C)Oc1cccc(Cl)c1.